The van der Waals surface area contributed by atoms with E-state index in [4.69, 9.17) is 10.8 Å². The van der Waals surface area contributed by atoms with Crippen molar-refractivity contribution in [1.82, 2.24) is 9.80 Å². The van der Waals surface area contributed by atoms with E-state index in [9.17, 15) is 0 Å². The monoisotopic (exact) mass is 227 g/mol. The predicted molar refractivity (Wildman–Crippen MR) is 65.3 cm³/mol. The largest absolute Gasteiger partial charge is 0.395 e. The van der Waals surface area contributed by atoms with Crippen LogP contribution in [0, 0.1) is 0 Å². The molecule has 2 unspecified atom stereocenters. The summed E-state index contributed by atoms with van der Waals surface area (Å²) in [7, 11) is 0. The third-order valence-corrected chi connectivity index (χ3v) is 4.00. The fourth-order valence-corrected chi connectivity index (χ4v) is 3.04. The Morgan fingerprint density at radius 3 is 2.69 bits per heavy atom. The molecule has 1 aliphatic heterocycles. The molecule has 16 heavy (non-hydrogen) atoms. The van der Waals surface area contributed by atoms with E-state index >= 15 is 0 Å². The van der Waals surface area contributed by atoms with Crippen LogP contribution in [0.3, 0.4) is 0 Å². The molecule has 94 valence electrons. The van der Waals surface area contributed by atoms with Crippen LogP contribution in [0.4, 0.5) is 0 Å². The summed E-state index contributed by atoms with van der Waals surface area (Å²) in [6.45, 7) is 5.71. The van der Waals surface area contributed by atoms with Gasteiger partial charge in [0.2, 0.25) is 0 Å². The van der Waals surface area contributed by atoms with E-state index < -0.39 is 0 Å². The molecular formula is C12H25N3O. The van der Waals surface area contributed by atoms with Gasteiger partial charge in [0, 0.05) is 31.7 Å². The minimum absolute atomic E-state index is 0.286. The van der Waals surface area contributed by atoms with Gasteiger partial charge in [-0.3, -0.25) is 9.80 Å². The highest BCUT2D eigenvalue weighted by Gasteiger charge is 2.28. The van der Waals surface area contributed by atoms with E-state index in [2.05, 4.69) is 9.80 Å². The Hall–Kier alpha value is -0.160. The van der Waals surface area contributed by atoms with Crippen LogP contribution in [-0.2, 0) is 0 Å². The molecule has 0 spiro atoms. The second-order valence-electron chi connectivity index (χ2n) is 5.18. The molecule has 1 heterocycles. The van der Waals surface area contributed by atoms with Crippen LogP contribution in [0.2, 0.25) is 0 Å². The van der Waals surface area contributed by atoms with Gasteiger partial charge in [0.1, 0.15) is 0 Å². The molecule has 2 rings (SSSR count). The average molecular weight is 227 g/mol. The van der Waals surface area contributed by atoms with Gasteiger partial charge in [-0.1, -0.05) is 0 Å². The maximum Gasteiger partial charge on any atom is 0.0558 e. The standard InChI is InChI=1S/C12H25N3O/c13-11-2-3-12(10-11)15-5-1-4-14(6-7-15)8-9-16/h11-12,16H,1-10,13H2. The molecule has 0 aromatic carbocycles. The molecule has 0 aromatic rings. The Labute approximate surface area is 98.4 Å². The smallest absolute Gasteiger partial charge is 0.0558 e. The first kappa shape index (κ1) is 12.3. The van der Waals surface area contributed by atoms with E-state index in [1.807, 2.05) is 0 Å². The summed E-state index contributed by atoms with van der Waals surface area (Å²) in [6, 6.07) is 1.16. The molecule has 2 fully saturated rings. The normalized spacial score (nSPS) is 34.1. The summed E-state index contributed by atoms with van der Waals surface area (Å²) in [5.41, 5.74) is 5.98. The summed E-state index contributed by atoms with van der Waals surface area (Å²) in [4.78, 5) is 4.99. The third-order valence-electron chi connectivity index (χ3n) is 4.00. The number of β-amino-alcohol motifs (C(OH)–C–C–N with tert-alkyl or cyclic N) is 1. The molecule has 4 heteroatoms. The summed E-state index contributed by atoms with van der Waals surface area (Å²) in [5.74, 6) is 0. The van der Waals surface area contributed by atoms with Crippen molar-refractivity contribution < 1.29 is 5.11 Å². The quantitative estimate of drug-likeness (QED) is 0.705. The van der Waals surface area contributed by atoms with Crippen molar-refractivity contribution >= 4 is 0 Å². The Morgan fingerprint density at radius 1 is 1.12 bits per heavy atom. The highest BCUT2D eigenvalue weighted by molar-refractivity contribution is 4.86. The van der Waals surface area contributed by atoms with Crippen LogP contribution in [0.1, 0.15) is 25.7 Å². The number of aliphatic hydroxyl groups is 1. The molecule has 1 saturated carbocycles. The van der Waals surface area contributed by atoms with Gasteiger partial charge in [-0.15, -0.1) is 0 Å². The zero-order chi connectivity index (χ0) is 11.4. The minimum atomic E-state index is 0.286. The second kappa shape index (κ2) is 5.96. The second-order valence-corrected chi connectivity index (χ2v) is 5.18. The van der Waals surface area contributed by atoms with Crippen LogP contribution in [0.5, 0.6) is 0 Å². The maximum absolute atomic E-state index is 8.95. The first-order valence-electron chi connectivity index (χ1n) is 6.62. The summed E-state index contributed by atoms with van der Waals surface area (Å²) < 4.78 is 0. The predicted octanol–water partition coefficient (Wildman–Crippen LogP) is -0.134. The molecule has 0 bridgehead atoms. The van der Waals surface area contributed by atoms with E-state index in [-0.39, 0.29) is 6.61 Å². The number of nitrogens with zero attached hydrogens (tertiary/aromatic N) is 2. The Morgan fingerprint density at radius 2 is 2.00 bits per heavy atom. The van der Waals surface area contributed by atoms with Crippen LogP contribution < -0.4 is 5.73 Å². The first-order valence-corrected chi connectivity index (χ1v) is 6.62. The molecule has 0 amide bonds. The third kappa shape index (κ3) is 3.17. The maximum atomic E-state index is 8.95. The Kier molecular flexibility index (Phi) is 4.58. The van der Waals surface area contributed by atoms with Crippen molar-refractivity contribution in [1.29, 1.82) is 0 Å². The molecule has 4 nitrogen and oxygen atoms in total. The summed E-state index contributed by atoms with van der Waals surface area (Å²) in [6.07, 6.45) is 4.88. The van der Waals surface area contributed by atoms with Crippen LogP contribution in [-0.4, -0.2) is 66.3 Å². The van der Waals surface area contributed by atoms with Crippen molar-refractivity contribution in [3.63, 3.8) is 0 Å². The fourth-order valence-electron chi connectivity index (χ4n) is 3.04. The van der Waals surface area contributed by atoms with Crippen LogP contribution in [0.25, 0.3) is 0 Å². The van der Waals surface area contributed by atoms with Gasteiger partial charge in [0.25, 0.3) is 0 Å². The summed E-state index contributed by atoms with van der Waals surface area (Å²) in [5, 5.41) is 8.95. The fraction of sp³-hybridized carbons (Fsp3) is 1.00. The van der Waals surface area contributed by atoms with Gasteiger partial charge in [0.05, 0.1) is 6.61 Å². The highest BCUT2D eigenvalue weighted by atomic mass is 16.3. The lowest BCUT2D eigenvalue weighted by molar-refractivity contribution is 0.181. The van der Waals surface area contributed by atoms with E-state index in [0.29, 0.717) is 6.04 Å². The van der Waals surface area contributed by atoms with Crippen molar-refractivity contribution in [3.8, 4) is 0 Å². The topological polar surface area (TPSA) is 52.7 Å². The molecule has 0 radical (unpaired) electrons. The van der Waals surface area contributed by atoms with Gasteiger partial charge in [-0.2, -0.15) is 0 Å². The van der Waals surface area contributed by atoms with Crippen molar-refractivity contribution in [2.24, 2.45) is 5.73 Å². The van der Waals surface area contributed by atoms with Gasteiger partial charge < -0.3 is 10.8 Å². The number of hydrogen-bond donors (Lipinski definition) is 2. The highest BCUT2D eigenvalue weighted by Crippen LogP contribution is 2.23. The number of aliphatic hydroxyl groups excluding tert-OH is 1. The molecule has 1 saturated heterocycles. The lowest BCUT2D eigenvalue weighted by Gasteiger charge is -2.27. The minimum Gasteiger partial charge on any atom is -0.395 e. The lowest BCUT2D eigenvalue weighted by atomic mass is 10.2. The molecule has 3 N–H and O–H groups in total. The van der Waals surface area contributed by atoms with Gasteiger partial charge >= 0.3 is 0 Å². The average Bonchev–Trinajstić information content (AvgIpc) is 2.57. The number of rotatable bonds is 3. The molecular weight excluding hydrogens is 202 g/mol. The van der Waals surface area contributed by atoms with E-state index in [0.717, 1.165) is 32.2 Å². The zero-order valence-electron chi connectivity index (χ0n) is 10.1. The molecule has 2 atom stereocenters. The van der Waals surface area contributed by atoms with Crippen LogP contribution >= 0.6 is 0 Å². The van der Waals surface area contributed by atoms with Gasteiger partial charge in [-0.05, 0) is 38.8 Å². The van der Waals surface area contributed by atoms with Crippen molar-refractivity contribution in [3.05, 3.63) is 0 Å². The van der Waals surface area contributed by atoms with Crippen molar-refractivity contribution in [2.45, 2.75) is 37.8 Å². The van der Waals surface area contributed by atoms with Crippen LogP contribution in [0.15, 0.2) is 0 Å². The van der Waals surface area contributed by atoms with Crippen molar-refractivity contribution in [2.75, 3.05) is 39.3 Å². The molecule has 2 aliphatic rings. The van der Waals surface area contributed by atoms with Gasteiger partial charge in [-0.25, -0.2) is 0 Å². The first-order chi connectivity index (χ1) is 7.79. The van der Waals surface area contributed by atoms with E-state index in [1.165, 1.54) is 32.2 Å². The van der Waals surface area contributed by atoms with E-state index in [1.54, 1.807) is 0 Å². The zero-order valence-corrected chi connectivity index (χ0v) is 10.1. The Balaban J connectivity index is 1.79. The molecule has 1 aliphatic carbocycles. The Bertz CT molecular complexity index is 212. The number of nitrogens with two attached hydrogens (primary N) is 1. The lowest BCUT2D eigenvalue weighted by Crippen LogP contribution is -2.38. The number of hydrogen-bond acceptors (Lipinski definition) is 4. The summed E-state index contributed by atoms with van der Waals surface area (Å²) >= 11 is 0. The molecule has 0 aromatic heterocycles. The van der Waals surface area contributed by atoms with Gasteiger partial charge in [0.15, 0.2) is 0 Å². The SMILES string of the molecule is NC1CCC(N2CCCN(CCO)CC2)C1.